The van der Waals surface area contributed by atoms with Gasteiger partial charge < -0.3 is 4.90 Å². The average Bonchev–Trinajstić information content (AvgIpc) is 2.88. The van der Waals surface area contributed by atoms with Crippen molar-refractivity contribution in [3.8, 4) is 0 Å². The SMILES string of the molecule is CC1(C(=O)N2CCSc3ccc(Cl)cc32)CC1(Cl)Cl. The molecule has 3 rings (SSSR count). The molecule has 102 valence electrons. The van der Waals surface area contributed by atoms with Crippen LogP contribution < -0.4 is 4.90 Å². The van der Waals surface area contributed by atoms with Gasteiger partial charge in [0, 0.05) is 22.2 Å². The van der Waals surface area contributed by atoms with Crippen LogP contribution in [-0.4, -0.2) is 22.5 Å². The molecule has 1 aromatic carbocycles. The molecule has 2 nitrogen and oxygen atoms in total. The second kappa shape index (κ2) is 4.45. The maximum absolute atomic E-state index is 12.7. The zero-order valence-corrected chi connectivity index (χ0v) is 13.3. The van der Waals surface area contributed by atoms with Crippen LogP contribution in [0.25, 0.3) is 0 Å². The van der Waals surface area contributed by atoms with Crippen molar-refractivity contribution in [2.75, 3.05) is 17.2 Å². The maximum Gasteiger partial charge on any atom is 0.236 e. The van der Waals surface area contributed by atoms with Crippen LogP contribution in [0.2, 0.25) is 5.02 Å². The number of alkyl halides is 2. The highest BCUT2D eigenvalue weighted by Gasteiger charge is 2.69. The first-order valence-corrected chi connectivity index (χ1v) is 8.09. The molecule has 6 heteroatoms. The molecule has 1 heterocycles. The molecule has 0 radical (unpaired) electrons. The lowest BCUT2D eigenvalue weighted by Gasteiger charge is -2.31. The van der Waals surface area contributed by atoms with Crippen molar-refractivity contribution >= 4 is 58.2 Å². The van der Waals surface area contributed by atoms with E-state index in [1.54, 1.807) is 16.7 Å². The van der Waals surface area contributed by atoms with Gasteiger partial charge in [-0.3, -0.25) is 4.79 Å². The third-order valence-corrected chi connectivity index (χ3v) is 6.14. The van der Waals surface area contributed by atoms with Gasteiger partial charge in [-0.2, -0.15) is 0 Å². The van der Waals surface area contributed by atoms with Crippen LogP contribution in [0.15, 0.2) is 23.1 Å². The van der Waals surface area contributed by atoms with Crippen LogP contribution in [0, 0.1) is 5.41 Å². The number of anilines is 1. The number of benzene rings is 1. The first kappa shape index (κ1) is 13.9. The van der Waals surface area contributed by atoms with Gasteiger partial charge in [0.1, 0.15) is 4.33 Å². The van der Waals surface area contributed by atoms with Gasteiger partial charge in [-0.1, -0.05) is 11.6 Å². The summed E-state index contributed by atoms with van der Waals surface area (Å²) in [5.41, 5.74) is 0.184. The molecular weight excluding hydrogens is 325 g/mol. The number of rotatable bonds is 1. The van der Waals surface area contributed by atoms with Crippen molar-refractivity contribution in [1.29, 1.82) is 0 Å². The van der Waals surface area contributed by atoms with Crippen molar-refractivity contribution in [2.24, 2.45) is 5.41 Å². The van der Waals surface area contributed by atoms with Gasteiger partial charge in [0.05, 0.1) is 11.1 Å². The highest BCUT2D eigenvalue weighted by molar-refractivity contribution is 7.99. The number of carbonyl (C=O) groups is 1. The van der Waals surface area contributed by atoms with Gasteiger partial charge in [0.15, 0.2) is 0 Å². The number of fused-ring (bicyclic) bond motifs is 1. The van der Waals surface area contributed by atoms with Crippen LogP contribution in [-0.2, 0) is 4.79 Å². The minimum atomic E-state index is -0.937. The van der Waals surface area contributed by atoms with E-state index in [1.165, 1.54) is 0 Å². The fourth-order valence-corrected chi connectivity index (χ4v) is 4.17. The van der Waals surface area contributed by atoms with Crippen LogP contribution in [0.5, 0.6) is 0 Å². The number of hydrogen-bond acceptors (Lipinski definition) is 2. The lowest BCUT2D eigenvalue weighted by molar-refractivity contribution is -0.123. The van der Waals surface area contributed by atoms with Crippen molar-refractivity contribution in [1.82, 2.24) is 0 Å². The molecule has 1 fully saturated rings. The Morgan fingerprint density at radius 2 is 2.11 bits per heavy atom. The van der Waals surface area contributed by atoms with Gasteiger partial charge in [-0.25, -0.2) is 0 Å². The Morgan fingerprint density at radius 1 is 1.42 bits per heavy atom. The average molecular weight is 337 g/mol. The van der Waals surface area contributed by atoms with E-state index in [9.17, 15) is 4.79 Å². The van der Waals surface area contributed by atoms with Gasteiger partial charge in [-0.15, -0.1) is 35.0 Å². The lowest BCUT2D eigenvalue weighted by atomic mass is 10.1. The molecule has 1 saturated carbocycles. The van der Waals surface area contributed by atoms with Crippen molar-refractivity contribution < 1.29 is 4.79 Å². The Morgan fingerprint density at radius 3 is 2.74 bits per heavy atom. The summed E-state index contributed by atoms with van der Waals surface area (Å²) in [5.74, 6) is 0.856. The highest BCUT2D eigenvalue weighted by atomic mass is 35.5. The summed E-state index contributed by atoms with van der Waals surface area (Å²) in [6, 6.07) is 5.62. The zero-order chi connectivity index (χ0) is 13.8. The Balaban J connectivity index is 1.96. The third kappa shape index (κ3) is 2.15. The van der Waals surface area contributed by atoms with E-state index in [1.807, 2.05) is 25.1 Å². The molecule has 1 aliphatic carbocycles. The van der Waals surface area contributed by atoms with Gasteiger partial charge in [0.25, 0.3) is 0 Å². The summed E-state index contributed by atoms with van der Waals surface area (Å²) >= 11 is 20.0. The monoisotopic (exact) mass is 335 g/mol. The molecular formula is C13H12Cl3NOS. The summed E-state index contributed by atoms with van der Waals surface area (Å²) in [6.07, 6.45) is 0.501. The molecule has 2 aliphatic rings. The van der Waals surface area contributed by atoms with E-state index in [2.05, 4.69) is 0 Å². The number of amides is 1. The van der Waals surface area contributed by atoms with Gasteiger partial charge in [0.2, 0.25) is 5.91 Å². The van der Waals surface area contributed by atoms with E-state index < -0.39 is 9.75 Å². The lowest BCUT2D eigenvalue weighted by Crippen LogP contribution is -2.41. The van der Waals surface area contributed by atoms with E-state index in [4.69, 9.17) is 34.8 Å². The topological polar surface area (TPSA) is 20.3 Å². The molecule has 1 aromatic rings. The number of thioether (sulfide) groups is 1. The number of nitrogens with zero attached hydrogens (tertiary/aromatic N) is 1. The predicted molar refractivity (Wildman–Crippen MR) is 81.7 cm³/mol. The first-order chi connectivity index (χ1) is 8.85. The fraction of sp³-hybridized carbons (Fsp3) is 0.462. The molecule has 0 saturated heterocycles. The predicted octanol–water partition coefficient (Wildman–Crippen LogP) is 4.36. The quantitative estimate of drug-likeness (QED) is 0.710. The molecule has 1 unspecified atom stereocenters. The highest BCUT2D eigenvalue weighted by Crippen LogP contribution is 2.65. The summed E-state index contributed by atoms with van der Waals surface area (Å²) in [7, 11) is 0. The minimum Gasteiger partial charge on any atom is -0.310 e. The van der Waals surface area contributed by atoms with Gasteiger partial charge >= 0.3 is 0 Å². The maximum atomic E-state index is 12.7. The summed E-state index contributed by atoms with van der Waals surface area (Å²) in [6.45, 7) is 2.48. The van der Waals surface area contributed by atoms with Crippen molar-refractivity contribution in [2.45, 2.75) is 22.6 Å². The second-order valence-corrected chi connectivity index (χ2v) is 8.19. The van der Waals surface area contributed by atoms with E-state index in [0.29, 0.717) is 18.0 Å². The first-order valence-electron chi connectivity index (χ1n) is 5.97. The van der Waals surface area contributed by atoms with Crippen molar-refractivity contribution in [3.63, 3.8) is 0 Å². The fourth-order valence-electron chi connectivity index (χ4n) is 2.33. The second-order valence-electron chi connectivity index (χ2n) is 5.13. The zero-order valence-electron chi connectivity index (χ0n) is 10.3. The summed E-state index contributed by atoms with van der Waals surface area (Å²) < 4.78 is -0.937. The van der Waals surface area contributed by atoms with Crippen LogP contribution >= 0.6 is 46.6 Å². The van der Waals surface area contributed by atoms with Crippen LogP contribution in [0.4, 0.5) is 5.69 Å². The summed E-state index contributed by atoms with van der Waals surface area (Å²) in [5, 5.41) is 0.628. The Bertz CT molecular complexity index is 563. The molecule has 0 bridgehead atoms. The Kier molecular flexibility index (Phi) is 3.25. The molecule has 1 atom stereocenters. The van der Waals surface area contributed by atoms with E-state index in [0.717, 1.165) is 16.3 Å². The Hall–Kier alpha value is -0.0900. The van der Waals surface area contributed by atoms with E-state index in [-0.39, 0.29) is 5.91 Å². The molecule has 1 amide bonds. The molecule has 0 spiro atoms. The normalized spacial score (nSPS) is 27.9. The van der Waals surface area contributed by atoms with Crippen LogP contribution in [0.3, 0.4) is 0 Å². The van der Waals surface area contributed by atoms with Crippen molar-refractivity contribution in [3.05, 3.63) is 23.2 Å². The van der Waals surface area contributed by atoms with Gasteiger partial charge in [-0.05, 0) is 31.5 Å². The van der Waals surface area contributed by atoms with Crippen LogP contribution in [0.1, 0.15) is 13.3 Å². The molecule has 1 aliphatic heterocycles. The minimum absolute atomic E-state index is 0.0127. The summed E-state index contributed by atoms with van der Waals surface area (Å²) in [4.78, 5) is 15.5. The number of hydrogen-bond donors (Lipinski definition) is 0. The largest absolute Gasteiger partial charge is 0.310 e. The van der Waals surface area contributed by atoms with E-state index >= 15 is 0 Å². The molecule has 0 aromatic heterocycles. The molecule has 0 N–H and O–H groups in total. The number of carbonyl (C=O) groups excluding carboxylic acids is 1. The smallest absolute Gasteiger partial charge is 0.236 e. The standard InChI is InChI=1S/C13H12Cl3NOS/c1-12(7-13(12,15)16)11(18)17-4-5-19-10-3-2-8(14)6-9(10)17/h2-3,6H,4-5,7H2,1H3. The number of halogens is 3. The Labute approximate surface area is 131 Å². The molecule has 19 heavy (non-hydrogen) atoms. The third-order valence-electron chi connectivity index (χ3n) is 3.76.